The van der Waals surface area contributed by atoms with E-state index in [9.17, 15) is 9.59 Å². The summed E-state index contributed by atoms with van der Waals surface area (Å²) < 4.78 is 5.15. The van der Waals surface area contributed by atoms with Crippen LogP contribution in [0.4, 0.5) is 0 Å². The van der Waals surface area contributed by atoms with E-state index in [1.54, 1.807) is 36.7 Å². The molecular formula is C21H21N3O3S. The van der Waals surface area contributed by atoms with E-state index in [2.05, 4.69) is 28.6 Å². The van der Waals surface area contributed by atoms with Crippen molar-refractivity contribution in [3.63, 3.8) is 0 Å². The van der Waals surface area contributed by atoms with Crippen LogP contribution in [0.3, 0.4) is 0 Å². The fraction of sp³-hybridized carbons (Fsp3) is 0.190. The number of benzene rings is 1. The number of aromatic nitrogens is 1. The van der Waals surface area contributed by atoms with Crippen LogP contribution in [0, 0.1) is 13.8 Å². The molecule has 2 heterocycles. The highest BCUT2D eigenvalue weighted by atomic mass is 32.2. The summed E-state index contributed by atoms with van der Waals surface area (Å²) in [6.07, 6.45) is 3.19. The maximum Gasteiger partial charge on any atom is 0.254 e. The number of carbonyl (C=O) groups excluding carboxylic acids is 2. The molecule has 2 N–H and O–H groups in total. The van der Waals surface area contributed by atoms with Crippen LogP contribution in [-0.2, 0) is 11.3 Å². The molecule has 0 spiro atoms. The Morgan fingerprint density at radius 3 is 2.68 bits per heavy atom. The molecule has 3 rings (SSSR count). The van der Waals surface area contributed by atoms with Gasteiger partial charge < -0.3 is 15.1 Å². The number of nitrogens with zero attached hydrogens (tertiary/aromatic N) is 1. The number of carbonyl (C=O) groups is 2. The number of hydrogen-bond acceptors (Lipinski definition) is 5. The Kier molecular flexibility index (Phi) is 6.49. The third-order valence-corrected chi connectivity index (χ3v) is 5.17. The van der Waals surface area contributed by atoms with Crippen molar-refractivity contribution in [2.75, 3.05) is 6.54 Å². The van der Waals surface area contributed by atoms with Gasteiger partial charge in [-0.25, -0.2) is 4.98 Å². The Labute approximate surface area is 167 Å². The van der Waals surface area contributed by atoms with Crippen molar-refractivity contribution in [1.82, 2.24) is 15.6 Å². The van der Waals surface area contributed by atoms with Gasteiger partial charge in [-0.15, -0.1) is 0 Å². The van der Waals surface area contributed by atoms with E-state index < -0.39 is 0 Å². The summed E-state index contributed by atoms with van der Waals surface area (Å²) in [7, 11) is 0. The van der Waals surface area contributed by atoms with Crippen LogP contribution in [0.25, 0.3) is 0 Å². The number of amides is 2. The second-order valence-electron chi connectivity index (χ2n) is 6.24. The topological polar surface area (TPSA) is 84.2 Å². The molecule has 0 radical (unpaired) electrons. The minimum atomic E-state index is -0.340. The highest BCUT2D eigenvalue weighted by Crippen LogP contribution is 2.29. The Morgan fingerprint density at radius 2 is 1.93 bits per heavy atom. The standard InChI is InChI=1S/C21H21N3O3S/c1-14-7-8-17(11-15(14)2)28-21-18(6-3-9-22-21)20(26)24-13-19(25)23-12-16-5-4-10-27-16/h3-11H,12-13H2,1-2H3,(H,23,25)(H,24,26). The third kappa shape index (κ3) is 5.23. The van der Waals surface area contributed by atoms with Gasteiger partial charge in [-0.1, -0.05) is 17.8 Å². The van der Waals surface area contributed by atoms with E-state index in [4.69, 9.17) is 4.42 Å². The Hall–Kier alpha value is -3.06. The predicted molar refractivity (Wildman–Crippen MR) is 107 cm³/mol. The second-order valence-corrected chi connectivity index (χ2v) is 7.31. The molecule has 0 fully saturated rings. The van der Waals surface area contributed by atoms with Gasteiger partial charge in [0, 0.05) is 11.1 Å². The molecule has 6 nitrogen and oxygen atoms in total. The number of furan rings is 1. The lowest BCUT2D eigenvalue weighted by atomic mass is 10.1. The van der Waals surface area contributed by atoms with Crippen molar-refractivity contribution in [3.05, 3.63) is 77.4 Å². The molecule has 7 heteroatoms. The first-order chi connectivity index (χ1) is 13.5. The van der Waals surface area contributed by atoms with Crippen molar-refractivity contribution >= 4 is 23.6 Å². The number of rotatable bonds is 7. The van der Waals surface area contributed by atoms with E-state index in [-0.39, 0.29) is 24.9 Å². The molecule has 0 aliphatic rings. The Balaban J connectivity index is 1.60. The SMILES string of the molecule is Cc1ccc(Sc2ncccc2C(=O)NCC(=O)NCc2ccco2)cc1C. The molecule has 0 aliphatic carbocycles. The number of aryl methyl sites for hydroxylation is 2. The zero-order valence-electron chi connectivity index (χ0n) is 15.7. The molecule has 0 aliphatic heterocycles. The lowest BCUT2D eigenvalue weighted by Gasteiger charge is -2.10. The maximum atomic E-state index is 12.6. The molecule has 0 bridgehead atoms. The van der Waals surface area contributed by atoms with Gasteiger partial charge in [-0.05, 0) is 61.4 Å². The van der Waals surface area contributed by atoms with Gasteiger partial charge in [0.2, 0.25) is 5.91 Å². The average Bonchev–Trinajstić information content (AvgIpc) is 3.21. The minimum absolute atomic E-state index is 0.123. The first-order valence-corrected chi connectivity index (χ1v) is 9.62. The summed E-state index contributed by atoms with van der Waals surface area (Å²) in [4.78, 5) is 29.8. The van der Waals surface area contributed by atoms with Gasteiger partial charge in [-0.2, -0.15) is 0 Å². The quantitative estimate of drug-likeness (QED) is 0.640. The fourth-order valence-corrected chi connectivity index (χ4v) is 3.43. The molecular weight excluding hydrogens is 374 g/mol. The smallest absolute Gasteiger partial charge is 0.254 e. The molecule has 0 saturated carbocycles. The molecule has 2 aromatic heterocycles. The molecule has 1 aromatic carbocycles. The van der Waals surface area contributed by atoms with Crippen molar-refractivity contribution in [1.29, 1.82) is 0 Å². The highest BCUT2D eigenvalue weighted by Gasteiger charge is 2.15. The summed E-state index contributed by atoms with van der Waals surface area (Å²) in [5, 5.41) is 5.93. The van der Waals surface area contributed by atoms with Crippen molar-refractivity contribution in [3.8, 4) is 0 Å². The predicted octanol–water partition coefficient (Wildman–Crippen LogP) is 3.49. The van der Waals surface area contributed by atoms with Gasteiger partial charge in [0.1, 0.15) is 10.8 Å². The summed E-state index contributed by atoms with van der Waals surface area (Å²) >= 11 is 1.42. The van der Waals surface area contributed by atoms with E-state index in [0.29, 0.717) is 16.3 Å². The first-order valence-electron chi connectivity index (χ1n) is 8.80. The van der Waals surface area contributed by atoms with Gasteiger partial charge in [0.15, 0.2) is 0 Å². The van der Waals surface area contributed by atoms with Crippen LogP contribution in [0.5, 0.6) is 0 Å². The zero-order valence-corrected chi connectivity index (χ0v) is 16.5. The molecule has 144 valence electrons. The third-order valence-electron chi connectivity index (χ3n) is 4.16. The largest absolute Gasteiger partial charge is 0.467 e. The number of hydrogen-bond donors (Lipinski definition) is 2. The van der Waals surface area contributed by atoms with Crippen molar-refractivity contribution in [2.45, 2.75) is 30.3 Å². The molecule has 2 amide bonds. The Bertz CT molecular complexity index is 971. The number of pyridine rings is 1. The molecule has 3 aromatic rings. The maximum absolute atomic E-state index is 12.6. The van der Waals surface area contributed by atoms with Crippen LogP contribution < -0.4 is 10.6 Å². The summed E-state index contributed by atoms with van der Waals surface area (Å²) in [6, 6.07) is 13.0. The van der Waals surface area contributed by atoms with Crippen LogP contribution >= 0.6 is 11.8 Å². The average molecular weight is 395 g/mol. The van der Waals surface area contributed by atoms with Crippen molar-refractivity contribution in [2.24, 2.45) is 0 Å². The molecule has 28 heavy (non-hydrogen) atoms. The zero-order chi connectivity index (χ0) is 19.9. The van der Waals surface area contributed by atoms with E-state index in [1.165, 1.54) is 22.9 Å². The number of nitrogens with one attached hydrogen (secondary N) is 2. The molecule has 0 atom stereocenters. The lowest BCUT2D eigenvalue weighted by molar-refractivity contribution is -0.120. The van der Waals surface area contributed by atoms with E-state index in [0.717, 1.165) is 4.90 Å². The minimum Gasteiger partial charge on any atom is -0.467 e. The first kappa shape index (κ1) is 19.7. The Morgan fingerprint density at radius 1 is 1.07 bits per heavy atom. The summed E-state index contributed by atoms with van der Waals surface area (Å²) in [5.74, 6) is 0.0172. The van der Waals surface area contributed by atoms with Gasteiger partial charge >= 0.3 is 0 Å². The highest BCUT2D eigenvalue weighted by molar-refractivity contribution is 7.99. The monoisotopic (exact) mass is 395 g/mol. The van der Waals surface area contributed by atoms with Gasteiger partial charge in [-0.3, -0.25) is 9.59 Å². The van der Waals surface area contributed by atoms with E-state index >= 15 is 0 Å². The van der Waals surface area contributed by atoms with Crippen LogP contribution in [0.15, 0.2) is 69.3 Å². The molecule has 0 saturated heterocycles. The van der Waals surface area contributed by atoms with Crippen LogP contribution in [0.1, 0.15) is 27.2 Å². The lowest BCUT2D eigenvalue weighted by Crippen LogP contribution is -2.36. The fourth-order valence-electron chi connectivity index (χ4n) is 2.45. The normalized spacial score (nSPS) is 10.5. The van der Waals surface area contributed by atoms with Gasteiger partial charge in [0.05, 0.1) is 24.9 Å². The van der Waals surface area contributed by atoms with Crippen LogP contribution in [0.2, 0.25) is 0 Å². The van der Waals surface area contributed by atoms with Crippen molar-refractivity contribution < 1.29 is 14.0 Å². The van der Waals surface area contributed by atoms with E-state index in [1.807, 2.05) is 19.1 Å². The van der Waals surface area contributed by atoms with Crippen LogP contribution in [-0.4, -0.2) is 23.3 Å². The second kappa shape index (κ2) is 9.23. The molecule has 0 unspecified atom stereocenters. The van der Waals surface area contributed by atoms with Gasteiger partial charge in [0.25, 0.3) is 5.91 Å². The summed E-state index contributed by atoms with van der Waals surface area (Å²) in [6.45, 7) is 4.26. The summed E-state index contributed by atoms with van der Waals surface area (Å²) in [5.41, 5.74) is 2.83.